The molecule has 108 valence electrons. The van der Waals surface area contributed by atoms with Crippen LogP contribution >= 0.6 is 11.3 Å². The Morgan fingerprint density at radius 3 is 2.90 bits per heavy atom. The van der Waals surface area contributed by atoms with Crippen molar-refractivity contribution in [1.29, 1.82) is 0 Å². The molecule has 2 aromatic rings. The third-order valence-corrected chi connectivity index (χ3v) is 4.22. The predicted octanol–water partition coefficient (Wildman–Crippen LogP) is 2.87. The van der Waals surface area contributed by atoms with Gasteiger partial charge in [-0.3, -0.25) is 9.59 Å². The summed E-state index contributed by atoms with van der Waals surface area (Å²) in [7, 11) is 0. The highest BCUT2D eigenvalue weighted by molar-refractivity contribution is 7.14. The van der Waals surface area contributed by atoms with Gasteiger partial charge in [0.1, 0.15) is 5.69 Å². The number of nitrogens with one attached hydrogen (secondary N) is 1. The van der Waals surface area contributed by atoms with Gasteiger partial charge in [0, 0.05) is 30.5 Å². The van der Waals surface area contributed by atoms with E-state index in [1.165, 1.54) is 23.8 Å². The summed E-state index contributed by atoms with van der Waals surface area (Å²) in [5, 5.41) is 4.73. The van der Waals surface area contributed by atoms with E-state index in [2.05, 4.69) is 23.3 Å². The number of thiazole rings is 1. The standard InChI is InChI=1S/C15H15N3O2S/c1-9-7-18(13-6-4-3-5-11(9)13)14(20)12-8-21-15(17-12)16-10(2)19/h3-6,8-9H,7H2,1-2H3,(H,16,17,19)/t9-/m0/s1. The second-order valence-corrected chi connectivity index (χ2v) is 5.95. The first-order chi connectivity index (χ1) is 10.1. The Hall–Kier alpha value is -2.21. The molecule has 0 radical (unpaired) electrons. The lowest BCUT2D eigenvalue weighted by Crippen LogP contribution is -2.29. The number of fused-ring (bicyclic) bond motifs is 1. The molecule has 0 spiro atoms. The Labute approximate surface area is 126 Å². The van der Waals surface area contributed by atoms with Gasteiger partial charge in [0.2, 0.25) is 5.91 Å². The van der Waals surface area contributed by atoms with Gasteiger partial charge >= 0.3 is 0 Å². The van der Waals surface area contributed by atoms with Crippen LogP contribution in [-0.2, 0) is 4.79 Å². The number of benzene rings is 1. The Morgan fingerprint density at radius 1 is 1.38 bits per heavy atom. The molecule has 0 bridgehead atoms. The minimum Gasteiger partial charge on any atom is -0.306 e. The van der Waals surface area contributed by atoms with E-state index in [4.69, 9.17) is 0 Å². The summed E-state index contributed by atoms with van der Waals surface area (Å²) in [5.41, 5.74) is 2.50. The number of anilines is 2. The first-order valence-electron chi connectivity index (χ1n) is 6.70. The molecular formula is C15H15N3O2S. The number of nitrogens with zero attached hydrogens (tertiary/aromatic N) is 2. The Morgan fingerprint density at radius 2 is 2.14 bits per heavy atom. The van der Waals surface area contributed by atoms with Crippen LogP contribution in [0.3, 0.4) is 0 Å². The molecule has 5 nitrogen and oxygen atoms in total. The number of hydrogen-bond acceptors (Lipinski definition) is 4. The largest absolute Gasteiger partial charge is 0.306 e. The molecule has 0 saturated carbocycles. The van der Waals surface area contributed by atoms with E-state index in [1.54, 1.807) is 10.3 Å². The van der Waals surface area contributed by atoms with E-state index in [0.717, 1.165) is 5.69 Å². The lowest BCUT2D eigenvalue weighted by Gasteiger charge is -2.16. The molecule has 3 rings (SSSR count). The van der Waals surface area contributed by atoms with E-state index in [-0.39, 0.29) is 11.8 Å². The molecule has 0 aliphatic carbocycles. The lowest BCUT2D eigenvalue weighted by molar-refractivity contribution is -0.114. The van der Waals surface area contributed by atoms with Crippen molar-refractivity contribution in [2.75, 3.05) is 16.8 Å². The van der Waals surface area contributed by atoms with Crippen molar-refractivity contribution in [2.24, 2.45) is 0 Å². The summed E-state index contributed by atoms with van der Waals surface area (Å²) in [6.45, 7) is 4.18. The molecule has 1 N–H and O–H groups in total. The Balaban J connectivity index is 1.86. The van der Waals surface area contributed by atoms with Gasteiger partial charge in [-0.15, -0.1) is 11.3 Å². The van der Waals surface area contributed by atoms with Crippen molar-refractivity contribution in [2.45, 2.75) is 19.8 Å². The summed E-state index contributed by atoms with van der Waals surface area (Å²) in [6, 6.07) is 7.93. The number of hydrogen-bond donors (Lipinski definition) is 1. The van der Waals surface area contributed by atoms with E-state index >= 15 is 0 Å². The molecule has 1 aliphatic rings. The summed E-state index contributed by atoms with van der Waals surface area (Å²) >= 11 is 1.26. The third-order valence-electron chi connectivity index (χ3n) is 3.47. The van der Waals surface area contributed by atoms with Crippen LogP contribution < -0.4 is 10.2 Å². The molecule has 1 aliphatic heterocycles. The number of carbonyl (C=O) groups is 2. The molecule has 2 heterocycles. The van der Waals surface area contributed by atoms with Crippen molar-refractivity contribution >= 4 is 34.0 Å². The fourth-order valence-electron chi connectivity index (χ4n) is 2.53. The summed E-state index contributed by atoms with van der Waals surface area (Å²) in [5.74, 6) is 0.00161. The summed E-state index contributed by atoms with van der Waals surface area (Å²) < 4.78 is 0. The fraction of sp³-hybridized carbons (Fsp3) is 0.267. The van der Waals surface area contributed by atoms with Crippen molar-refractivity contribution in [3.05, 3.63) is 40.9 Å². The predicted molar refractivity (Wildman–Crippen MR) is 83.0 cm³/mol. The molecular weight excluding hydrogens is 286 g/mol. The zero-order chi connectivity index (χ0) is 15.0. The number of aromatic nitrogens is 1. The lowest BCUT2D eigenvalue weighted by atomic mass is 10.0. The smallest absolute Gasteiger partial charge is 0.277 e. The summed E-state index contributed by atoms with van der Waals surface area (Å²) in [6.07, 6.45) is 0. The first kappa shape index (κ1) is 13.8. The number of para-hydroxylation sites is 1. The van der Waals surface area contributed by atoms with Crippen molar-refractivity contribution in [3.63, 3.8) is 0 Å². The van der Waals surface area contributed by atoms with Crippen molar-refractivity contribution in [3.8, 4) is 0 Å². The highest BCUT2D eigenvalue weighted by Gasteiger charge is 2.31. The molecule has 0 fully saturated rings. The molecule has 21 heavy (non-hydrogen) atoms. The van der Waals surface area contributed by atoms with Crippen molar-refractivity contribution in [1.82, 2.24) is 4.98 Å². The van der Waals surface area contributed by atoms with Crippen LogP contribution in [0.4, 0.5) is 10.8 Å². The second-order valence-electron chi connectivity index (χ2n) is 5.09. The van der Waals surface area contributed by atoms with Gasteiger partial charge in [0.05, 0.1) is 0 Å². The van der Waals surface area contributed by atoms with E-state index in [0.29, 0.717) is 23.3 Å². The minimum atomic E-state index is -0.191. The van der Waals surface area contributed by atoms with E-state index in [9.17, 15) is 9.59 Å². The molecule has 1 aromatic carbocycles. The topological polar surface area (TPSA) is 62.3 Å². The first-order valence-corrected chi connectivity index (χ1v) is 7.58. The van der Waals surface area contributed by atoms with Crippen LogP contribution in [0.15, 0.2) is 29.6 Å². The van der Waals surface area contributed by atoms with Gasteiger partial charge in [-0.25, -0.2) is 4.98 Å². The van der Waals surface area contributed by atoms with Crippen molar-refractivity contribution < 1.29 is 9.59 Å². The number of rotatable bonds is 2. The molecule has 1 atom stereocenters. The maximum absolute atomic E-state index is 12.6. The maximum Gasteiger partial charge on any atom is 0.277 e. The average molecular weight is 301 g/mol. The molecule has 1 aromatic heterocycles. The number of amides is 2. The molecule has 0 unspecified atom stereocenters. The second kappa shape index (κ2) is 5.29. The molecule has 0 saturated heterocycles. The number of carbonyl (C=O) groups excluding carboxylic acids is 2. The minimum absolute atomic E-state index is 0.125. The quantitative estimate of drug-likeness (QED) is 0.927. The molecule has 2 amide bonds. The SMILES string of the molecule is CC(=O)Nc1nc(C(=O)N2C[C@H](C)c3ccccc32)cs1. The fourth-order valence-corrected chi connectivity index (χ4v) is 3.26. The van der Waals surface area contributed by atoms with Crippen LogP contribution in [0.25, 0.3) is 0 Å². The maximum atomic E-state index is 12.6. The van der Waals surface area contributed by atoms with Gasteiger partial charge in [-0.05, 0) is 11.6 Å². The zero-order valence-electron chi connectivity index (χ0n) is 11.8. The van der Waals surface area contributed by atoms with Crippen LogP contribution in [0, 0.1) is 0 Å². The van der Waals surface area contributed by atoms with Gasteiger partial charge in [-0.1, -0.05) is 25.1 Å². The van der Waals surface area contributed by atoms with Crippen LogP contribution in [0.2, 0.25) is 0 Å². The van der Waals surface area contributed by atoms with Crippen LogP contribution in [0.1, 0.15) is 35.8 Å². The highest BCUT2D eigenvalue weighted by Crippen LogP contribution is 2.36. The van der Waals surface area contributed by atoms with Gasteiger partial charge < -0.3 is 10.2 Å². The normalized spacial score (nSPS) is 16.7. The monoisotopic (exact) mass is 301 g/mol. The summed E-state index contributed by atoms with van der Waals surface area (Å²) in [4.78, 5) is 29.6. The third kappa shape index (κ3) is 2.54. The van der Waals surface area contributed by atoms with E-state index < -0.39 is 0 Å². The average Bonchev–Trinajstić information content (AvgIpc) is 3.03. The Kier molecular flexibility index (Phi) is 3.47. The van der Waals surface area contributed by atoms with Crippen LogP contribution in [0.5, 0.6) is 0 Å². The highest BCUT2D eigenvalue weighted by atomic mass is 32.1. The Bertz CT molecular complexity index is 710. The van der Waals surface area contributed by atoms with Crippen LogP contribution in [-0.4, -0.2) is 23.3 Å². The molecule has 6 heteroatoms. The van der Waals surface area contributed by atoms with Gasteiger partial charge in [0.25, 0.3) is 5.91 Å². The van der Waals surface area contributed by atoms with Gasteiger partial charge in [0.15, 0.2) is 5.13 Å². The van der Waals surface area contributed by atoms with E-state index in [1.807, 2.05) is 18.2 Å². The zero-order valence-corrected chi connectivity index (χ0v) is 12.6. The van der Waals surface area contributed by atoms with Gasteiger partial charge in [-0.2, -0.15) is 0 Å².